The molecule has 5 rings (SSSR count). The topological polar surface area (TPSA) is 47.4 Å². The maximum absolute atomic E-state index is 13.4. The third kappa shape index (κ3) is 2.43. The number of rotatable bonds is 3. The van der Waals surface area contributed by atoms with Crippen LogP contribution in [-0.2, 0) is 5.54 Å². The zero-order chi connectivity index (χ0) is 20.5. The lowest BCUT2D eigenvalue weighted by Crippen LogP contribution is -2.46. The molecule has 0 aliphatic carbocycles. The Morgan fingerprint density at radius 2 is 2.14 bits per heavy atom. The van der Waals surface area contributed by atoms with E-state index in [0.29, 0.717) is 29.1 Å². The molecule has 2 aliphatic rings. The van der Waals surface area contributed by atoms with Gasteiger partial charge in [0.1, 0.15) is 17.1 Å². The Bertz CT molecular complexity index is 1160. The first-order valence-electron chi connectivity index (χ1n) is 9.43. The molecule has 150 valence electrons. The van der Waals surface area contributed by atoms with Gasteiger partial charge in [-0.1, -0.05) is 17.7 Å². The molecule has 0 N–H and O–H groups in total. The summed E-state index contributed by atoms with van der Waals surface area (Å²) in [7, 11) is 0. The summed E-state index contributed by atoms with van der Waals surface area (Å²) >= 11 is 6.24. The van der Waals surface area contributed by atoms with Crippen LogP contribution in [0.5, 0.6) is 5.75 Å². The number of imidazole rings is 1. The quantitative estimate of drug-likeness (QED) is 0.604. The molecule has 1 aromatic heterocycles. The van der Waals surface area contributed by atoms with Crippen molar-refractivity contribution in [3.8, 4) is 5.75 Å². The molecular weight excluding hydrogens is 400 g/mol. The summed E-state index contributed by atoms with van der Waals surface area (Å²) in [6.07, 6.45) is 0.522. The van der Waals surface area contributed by atoms with Gasteiger partial charge in [0.25, 0.3) is 5.91 Å². The summed E-state index contributed by atoms with van der Waals surface area (Å²) in [5, 5.41) is 0.561. The van der Waals surface area contributed by atoms with E-state index in [1.165, 1.54) is 6.07 Å². The van der Waals surface area contributed by atoms with E-state index in [4.69, 9.17) is 21.3 Å². The number of halogens is 3. The summed E-state index contributed by atoms with van der Waals surface area (Å²) in [6, 6.07) is 9.79. The van der Waals surface area contributed by atoms with E-state index in [-0.39, 0.29) is 17.7 Å². The predicted octanol–water partition coefficient (Wildman–Crippen LogP) is 4.98. The normalized spacial score (nSPS) is 22.8. The fourth-order valence-electron chi connectivity index (χ4n) is 4.92. The first-order valence-corrected chi connectivity index (χ1v) is 9.80. The van der Waals surface area contributed by atoms with Gasteiger partial charge in [-0.2, -0.15) is 8.78 Å². The number of carbonyl (C=O) groups excluding carboxylic acids is 1. The van der Waals surface area contributed by atoms with E-state index in [9.17, 15) is 13.6 Å². The zero-order valence-electron chi connectivity index (χ0n) is 15.8. The summed E-state index contributed by atoms with van der Waals surface area (Å²) in [5.74, 6) is 0.545. The van der Waals surface area contributed by atoms with Gasteiger partial charge < -0.3 is 14.2 Å². The second kappa shape index (κ2) is 6.16. The largest absolute Gasteiger partial charge is 0.434 e. The summed E-state index contributed by atoms with van der Waals surface area (Å²) in [5.41, 5.74) is 1.73. The third-order valence-corrected chi connectivity index (χ3v) is 6.27. The van der Waals surface area contributed by atoms with Gasteiger partial charge >= 0.3 is 6.61 Å². The van der Waals surface area contributed by atoms with Gasteiger partial charge in [0.15, 0.2) is 0 Å². The monoisotopic (exact) mass is 417 g/mol. The van der Waals surface area contributed by atoms with Gasteiger partial charge in [0.05, 0.1) is 17.1 Å². The minimum atomic E-state index is -2.98. The Labute approximate surface area is 170 Å². The van der Waals surface area contributed by atoms with Crippen molar-refractivity contribution in [2.45, 2.75) is 38.5 Å². The molecule has 5 nitrogen and oxygen atoms in total. The number of nitrogens with zero attached hydrogens (tertiary/aromatic N) is 3. The van der Waals surface area contributed by atoms with Crippen LogP contribution in [0.15, 0.2) is 36.4 Å². The molecule has 0 fully saturated rings. The number of fused-ring (bicyclic) bond motifs is 9. The SMILES string of the molecule is CCN1C(=O)c2cccc(OC(F)F)c2[C@H]2C[C@]1(C)c1nc3ccc(Cl)cc3n12. The van der Waals surface area contributed by atoms with E-state index < -0.39 is 12.2 Å². The van der Waals surface area contributed by atoms with Crippen LogP contribution in [0, 0.1) is 0 Å². The first kappa shape index (κ1) is 18.4. The molecule has 1 amide bonds. The van der Waals surface area contributed by atoms with Crippen LogP contribution in [0.3, 0.4) is 0 Å². The molecule has 0 saturated heterocycles. The zero-order valence-corrected chi connectivity index (χ0v) is 16.6. The van der Waals surface area contributed by atoms with Gasteiger partial charge in [0, 0.05) is 29.1 Å². The second-order valence-corrected chi connectivity index (χ2v) is 8.01. The molecule has 0 unspecified atom stereocenters. The Morgan fingerprint density at radius 1 is 1.34 bits per heavy atom. The predicted molar refractivity (Wildman–Crippen MR) is 105 cm³/mol. The number of hydrogen-bond donors (Lipinski definition) is 0. The lowest BCUT2D eigenvalue weighted by Gasteiger charge is -2.36. The van der Waals surface area contributed by atoms with E-state index in [0.717, 1.165) is 16.9 Å². The molecule has 2 bridgehead atoms. The summed E-state index contributed by atoms with van der Waals surface area (Å²) in [4.78, 5) is 20.0. The van der Waals surface area contributed by atoms with Gasteiger partial charge in [-0.15, -0.1) is 0 Å². The van der Waals surface area contributed by atoms with E-state index in [1.807, 2.05) is 30.5 Å². The van der Waals surface area contributed by atoms with Crippen molar-refractivity contribution in [1.29, 1.82) is 0 Å². The number of aromatic nitrogens is 2. The molecule has 3 heterocycles. The molecule has 29 heavy (non-hydrogen) atoms. The van der Waals surface area contributed by atoms with Crippen LogP contribution >= 0.6 is 11.6 Å². The minimum Gasteiger partial charge on any atom is -0.434 e. The van der Waals surface area contributed by atoms with Gasteiger partial charge in [-0.3, -0.25) is 4.79 Å². The Balaban J connectivity index is 1.87. The fraction of sp³-hybridized carbons (Fsp3) is 0.333. The van der Waals surface area contributed by atoms with Gasteiger partial charge in [-0.25, -0.2) is 4.98 Å². The molecule has 0 saturated carbocycles. The summed E-state index contributed by atoms with van der Waals surface area (Å²) < 4.78 is 33.1. The number of alkyl halides is 2. The number of carbonyl (C=O) groups is 1. The van der Waals surface area contributed by atoms with Crippen molar-refractivity contribution in [1.82, 2.24) is 14.5 Å². The number of ether oxygens (including phenoxy) is 1. The van der Waals surface area contributed by atoms with Crippen LogP contribution in [0.4, 0.5) is 8.78 Å². The van der Waals surface area contributed by atoms with Crippen molar-refractivity contribution < 1.29 is 18.3 Å². The Hall–Kier alpha value is -2.67. The average molecular weight is 418 g/mol. The maximum atomic E-state index is 13.4. The fourth-order valence-corrected chi connectivity index (χ4v) is 5.08. The minimum absolute atomic E-state index is 0.0212. The number of hydrogen-bond acceptors (Lipinski definition) is 3. The molecule has 2 aromatic carbocycles. The molecular formula is C21H18ClF2N3O2. The number of amides is 1. The average Bonchev–Trinajstić information content (AvgIpc) is 3.14. The highest BCUT2D eigenvalue weighted by atomic mass is 35.5. The summed E-state index contributed by atoms with van der Waals surface area (Å²) in [6.45, 7) is 1.37. The van der Waals surface area contributed by atoms with Crippen LogP contribution in [0.2, 0.25) is 5.02 Å². The lowest BCUT2D eigenvalue weighted by atomic mass is 9.92. The smallest absolute Gasteiger partial charge is 0.387 e. The molecule has 8 heteroatoms. The van der Waals surface area contributed by atoms with Crippen molar-refractivity contribution in [3.05, 3.63) is 58.4 Å². The molecule has 2 aliphatic heterocycles. The van der Waals surface area contributed by atoms with Crippen molar-refractivity contribution in [2.24, 2.45) is 0 Å². The van der Waals surface area contributed by atoms with Gasteiger partial charge in [-0.05, 0) is 44.2 Å². The molecule has 0 spiro atoms. The first-order chi connectivity index (χ1) is 13.8. The van der Waals surface area contributed by atoms with Gasteiger partial charge in [0.2, 0.25) is 0 Å². The highest BCUT2D eigenvalue weighted by Crippen LogP contribution is 2.53. The second-order valence-electron chi connectivity index (χ2n) is 7.58. The van der Waals surface area contributed by atoms with E-state index >= 15 is 0 Å². The van der Waals surface area contributed by atoms with Crippen molar-refractivity contribution in [3.63, 3.8) is 0 Å². The van der Waals surface area contributed by atoms with Crippen molar-refractivity contribution >= 4 is 28.5 Å². The van der Waals surface area contributed by atoms with Crippen LogP contribution in [0.1, 0.15) is 48.1 Å². The Morgan fingerprint density at radius 3 is 2.86 bits per heavy atom. The van der Waals surface area contributed by atoms with Crippen LogP contribution in [0.25, 0.3) is 11.0 Å². The van der Waals surface area contributed by atoms with E-state index in [1.54, 1.807) is 23.1 Å². The van der Waals surface area contributed by atoms with Crippen molar-refractivity contribution in [2.75, 3.05) is 6.54 Å². The van der Waals surface area contributed by atoms with Crippen LogP contribution in [-0.4, -0.2) is 33.5 Å². The molecule has 2 atom stereocenters. The van der Waals surface area contributed by atoms with E-state index in [2.05, 4.69) is 0 Å². The third-order valence-electron chi connectivity index (χ3n) is 6.04. The number of benzene rings is 2. The Kier molecular flexibility index (Phi) is 3.90. The molecule has 0 radical (unpaired) electrons. The molecule has 3 aromatic rings. The highest BCUT2D eigenvalue weighted by Gasteiger charge is 2.53. The highest BCUT2D eigenvalue weighted by molar-refractivity contribution is 6.31. The standard InChI is InChI=1S/C21H18ClF2N3O2/c1-3-26-18(28)12-5-4-6-16(29-20(23)24)17(12)15-10-21(26,2)19-25-13-8-7-11(22)9-14(13)27(15)19/h4-9,15,20H,3,10H2,1-2H3/t15-,21-/m1/s1. The lowest BCUT2D eigenvalue weighted by molar-refractivity contribution is -0.0507. The van der Waals surface area contributed by atoms with Crippen LogP contribution < -0.4 is 4.74 Å². The maximum Gasteiger partial charge on any atom is 0.387 e.